The largest absolute Gasteiger partial charge is 0.375 e. The summed E-state index contributed by atoms with van der Waals surface area (Å²) in [5, 5.41) is 0. The Morgan fingerprint density at radius 2 is 1.47 bits per heavy atom. The van der Waals surface area contributed by atoms with Crippen LogP contribution in [0.4, 0.5) is 0 Å². The van der Waals surface area contributed by atoms with Crippen molar-refractivity contribution >= 4 is 0 Å². The maximum atomic E-state index is 5.74. The van der Waals surface area contributed by atoms with Crippen molar-refractivity contribution in [3.63, 3.8) is 0 Å². The van der Waals surface area contributed by atoms with Crippen LogP contribution >= 0.6 is 0 Å². The summed E-state index contributed by atoms with van der Waals surface area (Å²) in [6.45, 7) is 9.69. The minimum absolute atomic E-state index is 0.224. The molecule has 0 N–H and O–H groups in total. The molecule has 1 fully saturated rings. The van der Waals surface area contributed by atoms with Gasteiger partial charge in [-0.25, -0.2) is 0 Å². The van der Waals surface area contributed by atoms with Crippen molar-refractivity contribution in [3.05, 3.63) is 25.3 Å². The monoisotopic (exact) mass is 212 g/mol. The Labute approximate surface area is 91.7 Å². The van der Waals surface area contributed by atoms with E-state index >= 15 is 0 Å². The van der Waals surface area contributed by atoms with Gasteiger partial charge in [0.2, 0.25) is 0 Å². The fourth-order valence-corrected chi connectivity index (χ4v) is 1.59. The van der Waals surface area contributed by atoms with Gasteiger partial charge < -0.3 is 14.2 Å². The molecule has 1 heterocycles. The minimum Gasteiger partial charge on any atom is -0.375 e. The highest BCUT2D eigenvalue weighted by molar-refractivity contribution is 4.74. The van der Waals surface area contributed by atoms with Crippen LogP contribution in [0.1, 0.15) is 12.8 Å². The first-order valence-electron chi connectivity index (χ1n) is 5.39. The zero-order valence-electron chi connectivity index (χ0n) is 9.19. The average Bonchev–Trinajstić information content (AvgIpc) is 2.67. The first-order chi connectivity index (χ1) is 7.36. The molecule has 0 spiro atoms. The second kappa shape index (κ2) is 7.63. The number of hydrogen-bond donors (Lipinski definition) is 0. The summed E-state index contributed by atoms with van der Waals surface area (Å²) in [6.07, 6.45) is 6.06. The first kappa shape index (κ1) is 12.4. The molecule has 1 saturated heterocycles. The van der Waals surface area contributed by atoms with Gasteiger partial charge in [-0.2, -0.15) is 0 Å². The summed E-state index contributed by atoms with van der Waals surface area (Å²) in [7, 11) is 0. The Hall–Kier alpha value is -0.640. The molecule has 3 nitrogen and oxygen atoms in total. The van der Waals surface area contributed by atoms with Crippen LogP contribution in [0.2, 0.25) is 0 Å². The van der Waals surface area contributed by atoms with E-state index in [0.717, 1.165) is 12.8 Å². The molecule has 0 radical (unpaired) electrons. The zero-order chi connectivity index (χ0) is 10.9. The van der Waals surface area contributed by atoms with Gasteiger partial charge in [0, 0.05) is 0 Å². The fourth-order valence-electron chi connectivity index (χ4n) is 1.59. The molecular formula is C12H20O3. The topological polar surface area (TPSA) is 27.7 Å². The molecule has 86 valence electrons. The molecule has 0 aromatic carbocycles. The van der Waals surface area contributed by atoms with Gasteiger partial charge in [0.15, 0.2) is 0 Å². The van der Waals surface area contributed by atoms with Crippen molar-refractivity contribution in [1.82, 2.24) is 0 Å². The van der Waals surface area contributed by atoms with E-state index in [2.05, 4.69) is 13.2 Å². The summed E-state index contributed by atoms with van der Waals surface area (Å²) in [4.78, 5) is 0. The van der Waals surface area contributed by atoms with E-state index in [0.29, 0.717) is 26.4 Å². The van der Waals surface area contributed by atoms with Crippen molar-refractivity contribution in [1.29, 1.82) is 0 Å². The van der Waals surface area contributed by atoms with E-state index < -0.39 is 0 Å². The Balaban J connectivity index is 2.04. The van der Waals surface area contributed by atoms with Crippen molar-refractivity contribution in [2.24, 2.45) is 0 Å². The molecule has 0 aromatic heterocycles. The van der Waals surface area contributed by atoms with E-state index in [1.165, 1.54) is 0 Å². The molecule has 0 saturated carbocycles. The molecule has 1 rings (SSSR count). The Morgan fingerprint density at radius 3 is 1.87 bits per heavy atom. The normalized spacial score (nSPS) is 25.3. The SMILES string of the molecule is C=CCOC[C@@H]1CC[C@@H](COCC=C)O1. The van der Waals surface area contributed by atoms with Crippen molar-refractivity contribution in [2.45, 2.75) is 25.0 Å². The summed E-state index contributed by atoms with van der Waals surface area (Å²) in [5.41, 5.74) is 0. The number of rotatable bonds is 8. The second-order valence-electron chi connectivity index (χ2n) is 3.61. The van der Waals surface area contributed by atoms with Crippen LogP contribution in [0.15, 0.2) is 25.3 Å². The van der Waals surface area contributed by atoms with Gasteiger partial charge in [0.05, 0.1) is 38.6 Å². The predicted octanol–water partition coefficient (Wildman–Crippen LogP) is 1.94. The van der Waals surface area contributed by atoms with Gasteiger partial charge in [-0.15, -0.1) is 13.2 Å². The molecule has 0 unspecified atom stereocenters. The van der Waals surface area contributed by atoms with Crippen LogP contribution in [-0.2, 0) is 14.2 Å². The third kappa shape index (κ3) is 5.11. The van der Waals surface area contributed by atoms with Crippen molar-refractivity contribution < 1.29 is 14.2 Å². The molecule has 0 bridgehead atoms. The lowest BCUT2D eigenvalue weighted by molar-refractivity contribution is -0.0383. The van der Waals surface area contributed by atoms with Gasteiger partial charge in [0.25, 0.3) is 0 Å². The highest BCUT2D eigenvalue weighted by Gasteiger charge is 2.25. The fraction of sp³-hybridized carbons (Fsp3) is 0.667. The smallest absolute Gasteiger partial charge is 0.0814 e. The van der Waals surface area contributed by atoms with Crippen LogP contribution in [0.25, 0.3) is 0 Å². The summed E-state index contributed by atoms with van der Waals surface area (Å²) < 4.78 is 16.4. The quantitative estimate of drug-likeness (QED) is 0.454. The van der Waals surface area contributed by atoms with Crippen molar-refractivity contribution in [2.75, 3.05) is 26.4 Å². The van der Waals surface area contributed by atoms with Crippen LogP contribution in [-0.4, -0.2) is 38.6 Å². The van der Waals surface area contributed by atoms with Gasteiger partial charge >= 0.3 is 0 Å². The lowest BCUT2D eigenvalue weighted by atomic mass is 10.2. The predicted molar refractivity (Wildman–Crippen MR) is 59.9 cm³/mol. The van der Waals surface area contributed by atoms with E-state index in [1.807, 2.05) is 0 Å². The molecule has 0 aromatic rings. The molecule has 0 aliphatic carbocycles. The van der Waals surface area contributed by atoms with Crippen LogP contribution in [0, 0.1) is 0 Å². The number of ether oxygens (including phenoxy) is 3. The lowest BCUT2D eigenvalue weighted by Crippen LogP contribution is -2.20. The van der Waals surface area contributed by atoms with E-state index in [-0.39, 0.29) is 12.2 Å². The Morgan fingerprint density at radius 1 is 1.00 bits per heavy atom. The standard InChI is InChI=1S/C12H20O3/c1-3-7-13-9-11-5-6-12(15-11)10-14-8-4-2/h3-4,11-12H,1-2,5-10H2/t11-,12-/m0/s1. The molecule has 3 heteroatoms. The lowest BCUT2D eigenvalue weighted by Gasteiger charge is -2.13. The van der Waals surface area contributed by atoms with Crippen LogP contribution < -0.4 is 0 Å². The summed E-state index contributed by atoms with van der Waals surface area (Å²) in [6, 6.07) is 0. The van der Waals surface area contributed by atoms with Gasteiger partial charge in [0.1, 0.15) is 0 Å². The molecule has 2 atom stereocenters. The van der Waals surface area contributed by atoms with E-state index in [4.69, 9.17) is 14.2 Å². The maximum absolute atomic E-state index is 5.74. The van der Waals surface area contributed by atoms with E-state index in [1.54, 1.807) is 12.2 Å². The Bertz CT molecular complexity index is 171. The van der Waals surface area contributed by atoms with Crippen molar-refractivity contribution in [3.8, 4) is 0 Å². The zero-order valence-corrected chi connectivity index (χ0v) is 9.19. The van der Waals surface area contributed by atoms with Crippen LogP contribution in [0.5, 0.6) is 0 Å². The molecule has 1 aliphatic rings. The van der Waals surface area contributed by atoms with Gasteiger partial charge in [-0.3, -0.25) is 0 Å². The first-order valence-corrected chi connectivity index (χ1v) is 5.39. The second-order valence-corrected chi connectivity index (χ2v) is 3.61. The highest BCUT2D eigenvalue weighted by atomic mass is 16.6. The average molecular weight is 212 g/mol. The maximum Gasteiger partial charge on any atom is 0.0814 e. The molecular weight excluding hydrogens is 192 g/mol. The number of hydrogen-bond acceptors (Lipinski definition) is 3. The Kier molecular flexibility index (Phi) is 6.32. The third-order valence-electron chi connectivity index (χ3n) is 2.27. The minimum atomic E-state index is 0.224. The summed E-state index contributed by atoms with van der Waals surface area (Å²) >= 11 is 0. The molecule has 1 aliphatic heterocycles. The molecule has 15 heavy (non-hydrogen) atoms. The van der Waals surface area contributed by atoms with Gasteiger partial charge in [-0.05, 0) is 12.8 Å². The van der Waals surface area contributed by atoms with Gasteiger partial charge in [-0.1, -0.05) is 12.2 Å². The third-order valence-corrected chi connectivity index (χ3v) is 2.27. The van der Waals surface area contributed by atoms with Crippen LogP contribution in [0.3, 0.4) is 0 Å². The van der Waals surface area contributed by atoms with E-state index in [9.17, 15) is 0 Å². The molecule has 0 amide bonds. The highest BCUT2D eigenvalue weighted by Crippen LogP contribution is 2.20. The summed E-state index contributed by atoms with van der Waals surface area (Å²) in [5.74, 6) is 0.